The van der Waals surface area contributed by atoms with Crippen LogP contribution in [0.5, 0.6) is 0 Å². The molecule has 0 spiro atoms. The normalized spacial score (nSPS) is 20.3. The number of pyridine rings is 1. The summed E-state index contributed by atoms with van der Waals surface area (Å²) in [4.78, 5) is 18.9. The lowest BCUT2D eigenvalue weighted by Gasteiger charge is -2.38. The fourth-order valence-electron chi connectivity index (χ4n) is 3.51. The Morgan fingerprint density at radius 3 is 2.67 bits per heavy atom. The lowest BCUT2D eigenvalue weighted by atomic mass is 9.91. The minimum absolute atomic E-state index is 0.185. The molecule has 0 saturated carbocycles. The van der Waals surface area contributed by atoms with E-state index in [9.17, 15) is 9.90 Å². The standard InChI is InChI=1S/C22H29N3O2/c1-17(2)19-9-7-18(8-10-19)15-25-13-5-11-22(27,21(25)26)16-23-14-20-6-3-4-12-24-20/h3-4,6-10,12,17,23,27H,5,11,13-16H2,1-2H3. The maximum atomic E-state index is 12.9. The monoisotopic (exact) mass is 367 g/mol. The van der Waals surface area contributed by atoms with Gasteiger partial charge in [-0.25, -0.2) is 0 Å². The summed E-state index contributed by atoms with van der Waals surface area (Å²) in [6.07, 6.45) is 3.03. The molecule has 1 aromatic heterocycles. The number of nitrogens with zero attached hydrogens (tertiary/aromatic N) is 2. The summed E-state index contributed by atoms with van der Waals surface area (Å²) in [5, 5.41) is 14.1. The number of hydrogen-bond acceptors (Lipinski definition) is 4. The molecule has 144 valence electrons. The summed E-state index contributed by atoms with van der Waals surface area (Å²) >= 11 is 0. The van der Waals surface area contributed by atoms with Crippen molar-refractivity contribution < 1.29 is 9.90 Å². The van der Waals surface area contributed by atoms with Gasteiger partial charge in [-0.3, -0.25) is 9.78 Å². The predicted octanol–water partition coefficient (Wildman–Crippen LogP) is 2.85. The van der Waals surface area contributed by atoms with Crippen molar-refractivity contribution >= 4 is 5.91 Å². The number of amides is 1. The van der Waals surface area contributed by atoms with Crippen molar-refractivity contribution in [3.63, 3.8) is 0 Å². The quantitative estimate of drug-likeness (QED) is 0.790. The first-order valence-corrected chi connectivity index (χ1v) is 9.69. The van der Waals surface area contributed by atoms with Gasteiger partial charge in [-0.15, -0.1) is 0 Å². The van der Waals surface area contributed by atoms with Crippen molar-refractivity contribution in [3.05, 3.63) is 65.5 Å². The second-order valence-electron chi connectivity index (χ2n) is 7.68. The van der Waals surface area contributed by atoms with Crippen LogP contribution in [-0.4, -0.2) is 39.6 Å². The molecule has 1 unspecified atom stereocenters. The Labute approximate surface area is 161 Å². The molecule has 1 fully saturated rings. The third-order valence-electron chi connectivity index (χ3n) is 5.17. The minimum atomic E-state index is -1.34. The molecule has 0 aliphatic carbocycles. The first kappa shape index (κ1) is 19.5. The van der Waals surface area contributed by atoms with Gasteiger partial charge in [0, 0.05) is 32.4 Å². The van der Waals surface area contributed by atoms with E-state index in [1.54, 1.807) is 11.1 Å². The minimum Gasteiger partial charge on any atom is -0.379 e. The van der Waals surface area contributed by atoms with Crippen molar-refractivity contribution in [1.82, 2.24) is 15.2 Å². The number of benzene rings is 1. The van der Waals surface area contributed by atoms with E-state index in [2.05, 4.69) is 48.4 Å². The molecule has 0 radical (unpaired) electrons. The highest BCUT2D eigenvalue weighted by Crippen LogP contribution is 2.24. The Kier molecular flexibility index (Phi) is 6.24. The first-order chi connectivity index (χ1) is 13.0. The molecule has 2 heterocycles. The molecule has 1 aliphatic rings. The van der Waals surface area contributed by atoms with E-state index in [4.69, 9.17) is 0 Å². The van der Waals surface area contributed by atoms with Gasteiger partial charge in [-0.2, -0.15) is 0 Å². The van der Waals surface area contributed by atoms with Crippen LogP contribution in [0.3, 0.4) is 0 Å². The fraction of sp³-hybridized carbons (Fsp3) is 0.455. The van der Waals surface area contributed by atoms with Gasteiger partial charge in [0.15, 0.2) is 5.60 Å². The number of nitrogens with one attached hydrogen (secondary N) is 1. The Hall–Kier alpha value is -2.24. The van der Waals surface area contributed by atoms with Crippen LogP contribution in [0.4, 0.5) is 0 Å². The number of hydrogen-bond donors (Lipinski definition) is 2. The van der Waals surface area contributed by atoms with E-state index in [1.807, 2.05) is 18.2 Å². The Morgan fingerprint density at radius 1 is 1.22 bits per heavy atom. The molecule has 3 rings (SSSR count). The van der Waals surface area contributed by atoms with E-state index >= 15 is 0 Å². The van der Waals surface area contributed by atoms with Crippen LogP contribution < -0.4 is 5.32 Å². The number of aromatic nitrogens is 1. The lowest BCUT2D eigenvalue weighted by molar-refractivity contribution is -0.157. The lowest BCUT2D eigenvalue weighted by Crippen LogP contribution is -2.57. The molecule has 27 heavy (non-hydrogen) atoms. The van der Waals surface area contributed by atoms with E-state index in [0.29, 0.717) is 32.0 Å². The van der Waals surface area contributed by atoms with Crippen molar-refractivity contribution in [2.24, 2.45) is 0 Å². The van der Waals surface area contributed by atoms with Crippen LogP contribution in [0.15, 0.2) is 48.7 Å². The molecule has 0 bridgehead atoms. The third-order valence-corrected chi connectivity index (χ3v) is 5.17. The van der Waals surface area contributed by atoms with Gasteiger partial charge in [0.1, 0.15) is 0 Å². The molecule has 1 aromatic carbocycles. The molecule has 1 saturated heterocycles. The number of carbonyl (C=O) groups is 1. The summed E-state index contributed by atoms with van der Waals surface area (Å²) in [5.41, 5.74) is 1.94. The molecule has 1 atom stereocenters. The maximum absolute atomic E-state index is 12.9. The van der Waals surface area contributed by atoms with Gasteiger partial charge < -0.3 is 15.3 Å². The van der Waals surface area contributed by atoms with Gasteiger partial charge in [0.25, 0.3) is 5.91 Å². The molecule has 5 heteroatoms. The number of aliphatic hydroxyl groups is 1. The van der Waals surface area contributed by atoms with Crippen molar-refractivity contribution in [2.45, 2.75) is 51.3 Å². The smallest absolute Gasteiger partial charge is 0.256 e. The van der Waals surface area contributed by atoms with Crippen LogP contribution in [0.2, 0.25) is 0 Å². The molecule has 2 aromatic rings. The summed E-state index contributed by atoms with van der Waals surface area (Å²) in [7, 11) is 0. The van der Waals surface area contributed by atoms with Crippen LogP contribution >= 0.6 is 0 Å². The second-order valence-corrected chi connectivity index (χ2v) is 7.68. The molecular weight excluding hydrogens is 338 g/mol. The molecule has 1 aliphatic heterocycles. The summed E-state index contributed by atoms with van der Waals surface area (Å²) in [5.74, 6) is 0.307. The molecule has 1 amide bonds. The average molecular weight is 367 g/mol. The van der Waals surface area contributed by atoms with Gasteiger partial charge in [0.05, 0.1) is 5.69 Å². The summed E-state index contributed by atoms with van der Waals surface area (Å²) < 4.78 is 0. The van der Waals surface area contributed by atoms with Crippen LogP contribution in [0.25, 0.3) is 0 Å². The number of likely N-dealkylation sites (tertiary alicyclic amines) is 1. The Bertz CT molecular complexity index is 746. The largest absolute Gasteiger partial charge is 0.379 e. The highest BCUT2D eigenvalue weighted by atomic mass is 16.3. The van der Waals surface area contributed by atoms with Crippen molar-refractivity contribution in [1.29, 1.82) is 0 Å². The molecule has 2 N–H and O–H groups in total. The van der Waals surface area contributed by atoms with Gasteiger partial charge in [0.2, 0.25) is 0 Å². The zero-order valence-corrected chi connectivity index (χ0v) is 16.2. The number of rotatable bonds is 7. The van der Waals surface area contributed by atoms with Crippen molar-refractivity contribution in [3.8, 4) is 0 Å². The zero-order chi connectivity index (χ0) is 19.3. The van der Waals surface area contributed by atoms with E-state index in [0.717, 1.165) is 17.7 Å². The maximum Gasteiger partial charge on any atom is 0.256 e. The molecular formula is C22H29N3O2. The van der Waals surface area contributed by atoms with Gasteiger partial charge in [-0.05, 0) is 42.0 Å². The first-order valence-electron chi connectivity index (χ1n) is 9.69. The predicted molar refractivity (Wildman–Crippen MR) is 106 cm³/mol. The number of carbonyl (C=O) groups excluding carboxylic acids is 1. The Balaban J connectivity index is 1.58. The van der Waals surface area contributed by atoms with Crippen LogP contribution in [0.1, 0.15) is 49.4 Å². The topological polar surface area (TPSA) is 65.5 Å². The van der Waals surface area contributed by atoms with E-state index in [1.165, 1.54) is 5.56 Å². The van der Waals surface area contributed by atoms with Crippen LogP contribution in [-0.2, 0) is 17.9 Å². The molecule has 5 nitrogen and oxygen atoms in total. The van der Waals surface area contributed by atoms with E-state index in [-0.39, 0.29) is 12.5 Å². The van der Waals surface area contributed by atoms with E-state index < -0.39 is 5.60 Å². The number of piperidine rings is 1. The third kappa shape index (κ3) is 4.93. The highest BCUT2D eigenvalue weighted by Gasteiger charge is 2.41. The fourth-order valence-corrected chi connectivity index (χ4v) is 3.51. The summed E-state index contributed by atoms with van der Waals surface area (Å²) in [6.45, 7) is 6.34. The van der Waals surface area contributed by atoms with Crippen molar-refractivity contribution in [2.75, 3.05) is 13.1 Å². The average Bonchev–Trinajstić information content (AvgIpc) is 2.67. The second kappa shape index (κ2) is 8.63. The van der Waals surface area contributed by atoms with Crippen LogP contribution in [0, 0.1) is 0 Å². The highest BCUT2D eigenvalue weighted by molar-refractivity contribution is 5.86. The zero-order valence-electron chi connectivity index (χ0n) is 16.2. The Morgan fingerprint density at radius 2 is 2.00 bits per heavy atom. The van der Waals surface area contributed by atoms with Gasteiger partial charge in [-0.1, -0.05) is 44.2 Å². The SMILES string of the molecule is CC(C)c1ccc(CN2CCCC(O)(CNCc3ccccn3)C2=O)cc1. The summed E-state index contributed by atoms with van der Waals surface area (Å²) in [6, 6.07) is 14.1. The van der Waals surface area contributed by atoms with Gasteiger partial charge >= 0.3 is 0 Å².